The molecule has 0 saturated heterocycles. The van der Waals surface area contributed by atoms with Gasteiger partial charge in [0, 0.05) is 48.0 Å². The Morgan fingerprint density at radius 2 is 2.12 bits per heavy atom. The van der Waals surface area contributed by atoms with E-state index in [4.69, 9.17) is 4.52 Å². The van der Waals surface area contributed by atoms with E-state index in [-0.39, 0.29) is 5.91 Å². The maximum atomic E-state index is 12.2. The number of carbonyl (C=O) groups is 1. The van der Waals surface area contributed by atoms with Crippen LogP contribution in [0.25, 0.3) is 22.3 Å². The summed E-state index contributed by atoms with van der Waals surface area (Å²) in [7, 11) is 0. The van der Waals surface area contributed by atoms with Crippen molar-refractivity contribution in [2.24, 2.45) is 0 Å². The lowest BCUT2D eigenvalue weighted by molar-refractivity contribution is -0.120. The van der Waals surface area contributed by atoms with Crippen LogP contribution in [0.15, 0.2) is 59.5 Å². The molecule has 1 aromatic carbocycles. The van der Waals surface area contributed by atoms with Crippen molar-refractivity contribution in [1.82, 2.24) is 25.4 Å². The highest BCUT2D eigenvalue weighted by molar-refractivity contribution is 5.88. The number of amides is 1. The van der Waals surface area contributed by atoms with Crippen molar-refractivity contribution in [3.63, 3.8) is 0 Å². The number of para-hydroxylation sites is 1. The van der Waals surface area contributed by atoms with Gasteiger partial charge in [0.25, 0.3) is 0 Å². The molecule has 4 rings (SSSR count). The van der Waals surface area contributed by atoms with E-state index >= 15 is 0 Å². The minimum absolute atomic E-state index is 0.0400. The van der Waals surface area contributed by atoms with E-state index in [1.54, 1.807) is 12.4 Å². The third-order valence-electron chi connectivity index (χ3n) is 4.07. The van der Waals surface area contributed by atoms with Gasteiger partial charge in [-0.1, -0.05) is 23.4 Å². The van der Waals surface area contributed by atoms with Gasteiger partial charge < -0.3 is 14.8 Å². The maximum Gasteiger partial charge on any atom is 0.228 e. The number of hydrogen-bond acceptors (Lipinski definition) is 5. The number of fused-ring (bicyclic) bond motifs is 1. The van der Waals surface area contributed by atoms with Crippen LogP contribution in [0.4, 0.5) is 0 Å². The number of pyridine rings is 1. The Morgan fingerprint density at radius 1 is 1.19 bits per heavy atom. The number of aromatic nitrogens is 4. The molecule has 0 aliphatic heterocycles. The Hall–Kier alpha value is -3.48. The zero-order valence-electron chi connectivity index (χ0n) is 14.0. The first kappa shape index (κ1) is 16.0. The smallest absolute Gasteiger partial charge is 0.228 e. The van der Waals surface area contributed by atoms with Crippen LogP contribution in [0.2, 0.25) is 0 Å². The van der Waals surface area contributed by atoms with Crippen LogP contribution in [0.3, 0.4) is 0 Å². The average molecular weight is 347 g/mol. The van der Waals surface area contributed by atoms with Gasteiger partial charge in [-0.05, 0) is 23.8 Å². The van der Waals surface area contributed by atoms with Gasteiger partial charge in [0.15, 0.2) is 0 Å². The van der Waals surface area contributed by atoms with Crippen LogP contribution < -0.4 is 5.32 Å². The summed E-state index contributed by atoms with van der Waals surface area (Å²) in [6.07, 6.45) is 6.05. The van der Waals surface area contributed by atoms with Gasteiger partial charge in [-0.15, -0.1) is 0 Å². The van der Waals surface area contributed by atoms with Gasteiger partial charge in [-0.2, -0.15) is 4.98 Å². The van der Waals surface area contributed by atoms with Crippen molar-refractivity contribution < 1.29 is 9.32 Å². The highest BCUT2D eigenvalue weighted by atomic mass is 16.5. The van der Waals surface area contributed by atoms with E-state index in [1.165, 1.54) is 0 Å². The van der Waals surface area contributed by atoms with Gasteiger partial charge >= 0.3 is 0 Å². The van der Waals surface area contributed by atoms with E-state index < -0.39 is 0 Å². The van der Waals surface area contributed by atoms with Gasteiger partial charge in [0.05, 0.1) is 6.42 Å². The van der Waals surface area contributed by atoms with Crippen LogP contribution in [0.5, 0.6) is 0 Å². The average Bonchev–Trinajstić information content (AvgIpc) is 3.30. The molecule has 26 heavy (non-hydrogen) atoms. The van der Waals surface area contributed by atoms with E-state index in [9.17, 15) is 4.79 Å². The largest absolute Gasteiger partial charge is 0.361 e. The van der Waals surface area contributed by atoms with E-state index in [2.05, 4.69) is 25.4 Å². The van der Waals surface area contributed by atoms with Gasteiger partial charge in [-0.25, -0.2) is 0 Å². The Labute approximate surface area is 149 Å². The molecule has 7 heteroatoms. The summed E-state index contributed by atoms with van der Waals surface area (Å²) in [6.45, 7) is 0.440. The molecule has 0 atom stereocenters. The monoisotopic (exact) mass is 347 g/mol. The maximum absolute atomic E-state index is 12.2. The number of carbonyl (C=O) groups excluding carboxylic acids is 1. The van der Waals surface area contributed by atoms with Crippen molar-refractivity contribution in [3.8, 4) is 11.4 Å². The molecule has 4 aromatic rings. The Bertz CT molecular complexity index is 1020. The highest BCUT2D eigenvalue weighted by Gasteiger charge is 2.11. The fourth-order valence-corrected chi connectivity index (χ4v) is 2.79. The van der Waals surface area contributed by atoms with Gasteiger partial charge in [0.1, 0.15) is 0 Å². The first-order valence-corrected chi connectivity index (χ1v) is 8.34. The van der Waals surface area contributed by atoms with E-state index in [0.29, 0.717) is 31.1 Å². The quantitative estimate of drug-likeness (QED) is 0.559. The molecule has 3 heterocycles. The first-order valence-electron chi connectivity index (χ1n) is 8.34. The molecule has 2 N–H and O–H groups in total. The molecule has 0 fully saturated rings. The molecule has 0 radical (unpaired) electrons. The lowest BCUT2D eigenvalue weighted by Crippen LogP contribution is -2.27. The van der Waals surface area contributed by atoms with E-state index in [0.717, 1.165) is 22.0 Å². The van der Waals surface area contributed by atoms with Crippen molar-refractivity contribution in [2.75, 3.05) is 6.54 Å². The number of hydrogen-bond donors (Lipinski definition) is 2. The Balaban J connectivity index is 1.31. The number of benzene rings is 1. The summed E-state index contributed by atoms with van der Waals surface area (Å²) in [5, 5.41) is 7.90. The minimum atomic E-state index is -0.0400. The van der Waals surface area contributed by atoms with Crippen LogP contribution in [-0.4, -0.2) is 32.6 Å². The lowest BCUT2D eigenvalue weighted by Gasteiger charge is -2.02. The van der Waals surface area contributed by atoms with Crippen LogP contribution in [-0.2, 0) is 17.6 Å². The molecule has 0 aliphatic rings. The zero-order chi connectivity index (χ0) is 17.8. The first-order chi connectivity index (χ1) is 12.8. The van der Waals surface area contributed by atoms with Crippen LogP contribution in [0.1, 0.15) is 11.5 Å². The SMILES string of the molecule is O=C(Cc1c[nH]c2ccccc12)NCCc1nc(-c2cccnc2)no1. The number of H-pyrrole nitrogens is 1. The van der Waals surface area contributed by atoms with Crippen LogP contribution >= 0.6 is 0 Å². The fourth-order valence-electron chi connectivity index (χ4n) is 2.79. The molecular formula is C19H17N5O2. The molecule has 0 unspecified atom stereocenters. The predicted molar refractivity (Wildman–Crippen MR) is 96.2 cm³/mol. The number of nitrogens with zero attached hydrogens (tertiary/aromatic N) is 3. The summed E-state index contributed by atoms with van der Waals surface area (Å²) in [4.78, 5) is 23.7. The zero-order valence-corrected chi connectivity index (χ0v) is 14.0. The molecule has 7 nitrogen and oxygen atoms in total. The lowest BCUT2D eigenvalue weighted by atomic mass is 10.1. The third kappa shape index (κ3) is 3.46. The Morgan fingerprint density at radius 3 is 3.00 bits per heavy atom. The van der Waals surface area contributed by atoms with Gasteiger partial charge in [0.2, 0.25) is 17.6 Å². The summed E-state index contributed by atoms with van der Waals surface area (Å²) in [5.41, 5.74) is 2.81. The fraction of sp³-hybridized carbons (Fsp3) is 0.158. The Kier molecular flexibility index (Phi) is 4.42. The predicted octanol–water partition coefficient (Wildman–Crippen LogP) is 2.51. The standard InChI is InChI=1S/C19H17N5O2/c25-17(10-14-12-22-16-6-2-1-5-15(14)16)21-9-7-18-23-19(24-26-18)13-4-3-8-20-11-13/h1-6,8,11-12,22H,7,9-10H2,(H,21,25). The molecule has 0 aliphatic carbocycles. The number of aromatic amines is 1. The molecule has 0 spiro atoms. The summed E-state index contributed by atoms with van der Waals surface area (Å²) in [5.74, 6) is 0.941. The molecule has 1 amide bonds. The van der Waals surface area contributed by atoms with E-state index in [1.807, 2.05) is 42.6 Å². The molecule has 0 saturated carbocycles. The number of rotatable bonds is 6. The summed E-state index contributed by atoms with van der Waals surface area (Å²) >= 11 is 0. The van der Waals surface area contributed by atoms with Crippen LogP contribution in [0, 0.1) is 0 Å². The van der Waals surface area contributed by atoms with Gasteiger partial charge in [-0.3, -0.25) is 9.78 Å². The normalized spacial score (nSPS) is 10.9. The molecule has 130 valence electrons. The molecular weight excluding hydrogens is 330 g/mol. The second-order valence-corrected chi connectivity index (χ2v) is 5.89. The van der Waals surface area contributed by atoms with Crippen molar-refractivity contribution in [2.45, 2.75) is 12.8 Å². The third-order valence-corrected chi connectivity index (χ3v) is 4.07. The van der Waals surface area contributed by atoms with Crippen molar-refractivity contribution in [1.29, 1.82) is 0 Å². The molecule has 3 aromatic heterocycles. The number of nitrogens with one attached hydrogen (secondary N) is 2. The van der Waals surface area contributed by atoms with Crippen molar-refractivity contribution in [3.05, 3.63) is 66.4 Å². The van der Waals surface area contributed by atoms with Crippen molar-refractivity contribution >= 4 is 16.8 Å². The second kappa shape index (κ2) is 7.18. The topological polar surface area (TPSA) is 96.7 Å². The minimum Gasteiger partial charge on any atom is -0.361 e. The highest BCUT2D eigenvalue weighted by Crippen LogP contribution is 2.18. The summed E-state index contributed by atoms with van der Waals surface area (Å²) in [6, 6.07) is 11.6. The molecule has 0 bridgehead atoms. The second-order valence-electron chi connectivity index (χ2n) is 5.89. The summed E-state index contributed by atoms with van der Waals surface area (Å²) < 4.78 is 5.22.